The van der Waals surface area contributed by atoms with E-state index < -0.39 is 0 Å². The second kappa shape index (κ2) is 4.43. The van der Waals surface area contributed by atoms with Crippen LogP contribution in [0, 0.1) is 5.92 Å². The minimum atomic E-state index is -0.0610. The summed E-state index contributed by atoms with van der Waals surface area (Å²) < 4.78 is 10.9. The number of carbonyl (C=O) groups excluding carboxylic acids is 1. The van der Waals surface area contributed by atoms with Crippen LogP contribution < -0.4 is 0 Å². The van der Waals surface area contributed by atoms with Gasteiger partial charge in [0.05, 0.1) is 18.1 Å². The zero-order valence-electron chi connectivity index (χ0n) is 11.9. The SMILES string of the molecule is CO[C@H]1C=CC2CCN3CCC4=C(CC(=O)OC4)[C@]23C1. The van der Waals surface area contributed by atoms with Crippen LogP contribution in [0.1, 0.15) is 25.7 Å². The third-order valence-corrected chi connectivity index (χ3v) is 5.62. The first-order valence-corrected chi connectivity index (χ1v) is 7.57. The molecule has 4 rings (SSSR count). The van der Waals surface area contributed by atoms with Gasteiger partial charge in [0, 0.05) is 19.6 Å². The molecule has 1 spiro atoms. The van der Waals surface area contributed by atoms with Crippen LogP contribution in [0.5, 0.6) is 0 Å². The maximum Gasteiger partial charge on any atom is 0.310 e. The number of ether oxygens (including phenoxy) is 2. The molecule has 3 heterocycles. The molecule has 4 aliphatic rings. The molecule has 0 aromatic carbocycles. The summed E-state index contributed by atoms with van der Waals surface area (Å²) in [6.45, 7) is 2.74. The van der Waals surface area contributed by atoms with E-state index in [1.54, 1.807) is 7.11 Å². The fourth-order valence-corrected chi connectivity index (χ4v) is 4.67. The summed E-state index contributed by atoms with van der Waals surface area (Å²) in [4.78, 5) is 14.4. The van der Waals surface area contributed by atoms with Gasteiger partial charge in [-0.1, -0.05) is 12.2 Å². The molecule has 1 saturated heterocycles. The second-order valence-electron chi connectivity index (χ2n) is 6.34. The molecule has 108 valence electrons. The number of rotatable bonds is 1. The molecule has 0 aromatic heterocycles. The van der Waals surface area contributed by atoms with Crippen molar-refractivity contribution < 1.29 is 14.3 Å². The van der Waals surface area contributed by atoms with E-state index in [0.717, 1.165) is 25.9 Å². The molecule has 3 atom stereocenters. The Morgan fingerprint density at radius 2 is 2.30 bits per heavy atom. The Kier molecular flexibility index (Phi) is 2.79. The van der Waals surface area contributed by atoms with Gasteiger partial charge in [-0.2, -0.15) is 0 Å². The number of carbonyl (C=O) groups is 1. The van der Waals surface area contributed by atoms with Crippen LogP contribution in [0.25, 0.3) is 0 Å². The van der Waals surface area contributed by atoms with Crippen molar-refractivity contribution in [2.75, 3.05) is 26.8 Å². The summed E-state index contributed by atoms with van der Waals surface area (Å²) in [7, 11) is 1.78. The van der Waals surface area contributed by atoms with Gasteiger partial charge in [-0.25, -0.2) is 0 Å². The van der Waals surface area contributed by atoms with Gasteiger partial charge >= 0.3 is 5.97 Å². The molecule has 0 bridgehead atoms. The first kappa shape index (κ1) is 12.6. The number of esters is 1. The number of nitrogens with zero attached hydrogens (tertiary/aromatic N) is 1. The van der Waals surface area contributed by atoms with Gasteiger partial charge in [0.2, 0.25) is 0 Å². The Bertz CT molecular complexity index is 510. The summed E-state index contributed by atoms with van der Waals surface area (Å²) in [6, 6.07) is 0. The quantitative estimate of drug-likeness (QED) is 0.539. The fourth-order valence-electron chi connectivity index (χ4n) is 4.67. The van der Waals surface area contributed by atoms with Gasteiger partial charge in [-0.05, 0) is 37.0 Å². The van der Waals surface area contributed by atoms with Crippen molar-refractivity contribution in [2.24, 2.45) is 5.92 Å². The van der Waals surface area contributed by atoms with Crippen LogP contribution >= 0.6 is 0 Å². The molecular weight excluding hydrogens is 254 g/mol. The number of hydrogen-bond donors (Lipinski definition) is 0. The fraction of sp³-hybridized carbons (Fsp3) is 0.688. The molecule has 0 amide bonds. The average Bonchev–Trinajstić information content (AvgIpc) is 2.86. The number of cyclic esters (lactones) is 1. The van der Waals surface area contributed by atoms with Gasteiger partial charge in [-0.3, -0.25) is 9.69 Å². The standard InChI is InChI=1S/C16H21NO3/c1-19-13-3-2-12-5-7-17-6-4-11-10-20-15(18)8-14(11)16(12,17)9-13/h2-3,12-13H,4-10H2,1H3/t12?,13-,16-/m0/s1. The largest absolute Gasteiger partial charge is 0.461 e. The van der Waals surface area contributed by atoms with Gasteiger partial charge in [0.1, 0.15) is 6.61 Å². The molecule has 4 nitrogen and oxygen atoms in total. The van der Waals surface area contributed by atoms with E-state index in [1.807, 2.05) is 0 Å². The summed E-state index contributed by atoms with van der Waals surface area (Å²) in [5.41, 5.74) is 2.76. The van der Waals surface area contributed by atoms with Crippen LogP contribution in [0.3, 0.4) is 0 Å². The molecule has 0 N–H and O–H groups in total. The second-order valence-corrected chi connectivity index (χ2v) is 6.34. The van der Waals surface area contributed by atoms with E-state index >= 15 is 0 Å². The van der Waals surface area contributed by atoms with Crippen molar-refractivity contribution in [1.82, 2.24) is 4.90 Å². The van der Waals surface area contributed by atoms with Crippen LogP contribution in [-0.2, 0) is 14.3 Å². The average molecular weight is 275 g/mol. The number of hydrogen-bond acceptors (Lipinski definition) is 4. The minimum Gasteiger partial charge on any atom is -0.461 e. The smallest absolute Gasteiger partial charge is 0.310 e. The Labute approximate surface area is 119 Å². The lowest BCUT2D eigenvalue weighted by atomic mass is 9.67. The summed E-state index contributed by atoms with van der Waals surface area (Å²) in [5, 5.41) is 0. The number of methoxy groups -OCH3 is 1. The lowest BCUT2D eigenvalue weighted by Gasteiger charge is -2.51. The Balaban J connectivity index is 1.82. The van der Waals surface area contributed by atoms with Crippen molar-refractivity contribution in [2.45, 2.75) is 37.3 Å². The van der Waals surface area contributed by atoms with Crippen molar-refractivity contribution in [3.63, 3.8) is 0 Å². The predicted molar refractivity (Wildman–Crippen MR) is 74.2 cm³/mol. The van der Waals surface area contributed by atoms with Crippen molar-refractivity contribution in [3.8, 4) is 0 Å². The van der Waals surface area contributed by atoms with Gasteiger partial charge in [0.25, 0.3) is 0 Å². The van der Waals surface area contributed by atoms with E-state index in [2.05, 4.69) is 17.1 Å². The molecule has 1 aliphatic carbocycles. The highest BCUT2D eigenvalue weighted by Gasteiger charge is 2.55. The van der Waals surface area contributed by atoms with E-state index in [0.29, 0.717) is 18.9 Å². The molecule has 3 aliphatic heterocycles. The lowest BCUT2D eigenvalue weighted by molar-refractivity contribution is -0.144. The van der Waals surface area contributed by atoms with Crippen molar-refractivity contribution in [3.05, 3.63) is 23.3 Å². The Hall–Kier alpha value is -1.13. The van der Waals surface area contributed by atoms with E-state index in [1.165, 1.54) is 17.6 Å². The van der Waals surface area contributed by atoms with Crippen molar-refractivity contribution in [1.29, 1.82) is 0 Å². The van der Waals surface area contributed by atoms with Crippen LogP contribution in [0.2, 0.25) is 0 Å². The predicted octanol–water partition coefficient (Wildman–Crippen LogP) is 1.67. The molecular formula is C16H21NO3. The third kappa shape index (κ3) is 1.58. The van der Waals surface area contributed by atoms with E-state index in [-0.39, 0.29) is 17.6 Å². The van der Waals surface area contributed by atoms with Crippen LogP contribution in [0.15, 0.2) is 23.3 Å². The molecule has 20 heavy (non-hydrogen) atoms. The molecule has 1 unspecified atom stereocenters. The van der Waals surface area contributed by atoms with Crippen LogP contribution in [0.4, 0.5) is 0 Å². The molecule has 0 aromatic rings. The summed E-state index contributed by atoms with van der Waals surface area (Å²) >= 11 is 0. The topological polar surface area (TPSA) is 38.8 Å². The first-order chi connectivity index (χ1) is 9.74. The maximum absolute atomic E-state index is 11.8. The highest BCUT2D eigenvalue weighted by atomic mass is 16.5. The molecule has 1 fully saturated rings. The van der Waals surface area contributed by atoms with E-state index in [9.17, 15) is 4.79 Å². The summed E-state index contributed by atoms with van der Waals surface area (Å²) in [6.07, 6.45) is 8.40. The maximum atomic E-state index is 11.8. The van der Waals surface area contributed by atoms with Gasteiger partial charge in [-0.15, -0.1) is 0 Å². The zero-order valence-corrected chi connectivity index (χ0v) is 11.9. The minimum absolute atomic E-state index is 0.0302. The van der Waals surface area contributed by atoms with Gasteiger partial charge < -0.3 is 9.47 Å². The highest BCUT2D eigenvalue weighted by Crippen LogP contribution is 2.52. The van der Waals surface area contributed by atoms with Crippen molar-refractivity contribution >= 4 is 5.97 Å². The third-order valence-electron chi connectivity index (χ3n) is 5.62. The molecule has 0 saturated carbocycles. The normalized spacial score (nSPS) is 40.1. The zero-order chi connectivity index (χ0) is 13.7. The Morgan fingerprint density at radius 3 is 3.15 bits per heavy atom. The lowest BCUT2D eigenvalue weighted by Crippen LogP contribution is -2.56. The van der Waals surface area contributed by atoms with E-state index in [4.69, 9.17) is 9.47 Å². The monoisotopic (exact) mass is 275 g/mol. The molecule has 4 heteroatoms. The molecule has 0 radical (unpaired) electrons. The van der Waals surface area contributed by atoms with Gasteiger partial charge in [0.15, 0.2) is 0 Å². The first-order valence-electron chi connectivity index (χ1n) is 7.57. The summed E-state index contributed by atoms with van der Waals surface area (Å²) in [5.74, 6) is 0.472. The highest BCUT2D eigenvalue weighted by molar-refractivity contribution is 5.75. The Morgan fingerprint density at radius 1 is 1.40 bits per heavy atom. The van der Waals surface area contributed by atoms with Crippen LogP contribution in [-0.4, -0.2) is 49.3 Å².